The number of carbonyl (C=O) groups is 1. The zero-order valence-electron chi connectivity index (χ0n) is 7.86. The van der Waals surface area contributed by atoms with E-state index >= 15 is 0 Å². The molecule has 0 amide bonds. The molecule has 4 nitrogen and oxygen atoms in total. The van der Waals surface area contributed by atoms with Crippen LogP contribution in [0.15, 0.2) is 18.5 Å². The second-order valence-corrected chi connectivity index (χ2v) is 3.52. The minimum absolute atomic E-state index is 0.0708. The van der Waals surface area contributed by atoms with Crippen molar-refractivity contribution in [2.75, 3.05) is 18.8 Å². The van der Waals surface area contributed by atoms with Crippen LogP contribution in [-0.2, 0) is 0 Å². The minimum Gasteiger partial charge on any atom is -0.398 e. The normalized spacial score (nSPS) is 21.0. The fraction of sp³-hybridized carbons (Fsp3) is 0.400. The van der Waals surface area contributed by atoms with E-state index in [-0.39, 0.29) is 11.7 Å². The molecular weight excluding hydrogens is 178 g/mol. The van der Waals surface area contributed by atoms with Gasteiger partial charge in [-0.15, -0.1) is 0 Å². The molecule has 3 N–H and O–H groups in total. The fourth-order valence-electron chi connectivity index (χ4n) is 1.71. The van der Waals surface area contributed by atoms with Crippen molar-refractivity contribution in [3.63, 3.8) is 0 Å². The maximum absolute atomic E-state index is 11.9. The molecule has 2 heterocycles. The van der Waals surface area contributed by atoms with Gasteiger partial charge in [0.25, 0.3) is 0 Å². The number of nitrogens with one attached hydrogen (secondary N) is 1. The molecular formula is C10H13N3O. The number of rotatable bonds is 2. The van der Waals surface area contributed by atoms with E-state index in [2.05, 4.69) is 10.3 Å². The molecule has 1 fully saturated rings. The van der Waals surface area contributed by atoms with Crippen LogP contribution in [0.3, 0.4) is 0 Å². The average Bonchev–Trinajstić information content (AvgIpc) is 2.70. The Morgan fingerprint density at radius 2 is 2.50 bits per heavy atom. The lowest BCUT2D eigenvalue weighted by Gasteiger charge is -2.08. The summed E-state index contributed by atoms with van der Waals surface area (Å²) in [5, 5.41) is 3.16. The Labute approximate surface area is 82.5 Å². The first kappa shape index (κ1) is 9.15. The monoisotopic (exact) mass is 191 g/mol. The first-order valence-electron chi connectivity index (χ1n) is 4.73. The Morgan fingerprint density at radius 3 is 3.14 bits per heavy atom. The van der Waals surface area contributed by atoms with Crippen molar-refractivity contribution in [2.24, 2.45) is 5.92 Å². The number of carbonyl (C=O) groups excluding carboxylic acids is 1. The molecule has 1 aromatic rings. The van der Waals surface area contributed by atoms with Crippen LogP contribution >= 0.6 is 0 Å². The molecule has 1 unspecified atom stereocenters. The summed E-state index contributed by atoms with van der Waals surface area (Å²) < 4.78 is 0. The first-order chi connectivity index (χ1) is 6.79. The lowest BCUT2D eigenvalue weighted by atomic mass is 9.97. The number of aromatic nitrogens is 1. The molecule has 0 aromatic carbocycles. The number of anilines is 1. The Kier molecular flexibility index (Phi) is 2.45. The van der Waals surface area contributed by atoms with E-state index in [1.807, 2.05) is 0 Å². The number of hydrogen-bond acceptors (Lipinski definition) is 4. The summed E-state index contributed by atoms with van der Waals surface area (Å²) in [4.78, 5) is 15.8. The minimum atomic E-state index is 0.0708. The quantitative estimate of drug-likeness (QED) is 0.666. The Balaban J connectivity index is 2.22. The SMILES string of the molecule is Nc1ccncc1C(=O)C1CCNC1. The molecule has 1 atom stereocenters. The smallest absolute Gasteiger partial charge is 0.170 e. The zero-order valence-corrected chi connectivity index (χ0v) is 7.86. The first-order valence-corrected chi connectivity index (χ1v) is 4.73. The Bertz CT molecular complexity index is 345. The van der Waals surface area contributed by atoms with Crippen molar-refractivity contribution >= 4 is 11.5 Å². The van der Waals surface area contributed by atoms with Gasteiger partial charge in [-0.25, -0.2) is 0 Å². The van der Waals surface area contributed by atoms with Crippen molar-refractivity contribution in [3.8, 4) is 0 Å². The predicted molar refractivity (Wildman–Crippen MR) is 54.0 cm³/mol. The van der Waals surface area contributed by atoms with Crippen LogP contribution < -0.4 is 11.1 Å². The van der Waals surface area contributed by atoms with Gasteiger partial charge in [-0.3, -0.25) is 9.78 Å². The number of nitrogens with zero attached hydrogens (tertiary/aromatic N) is 1. The molecule has 1 aliphatic heterocycles. The summed E-state index contributed by atoms with van der Waals surface area (Å²) >= 11 is 0. The van der Waals surface area contributed by atoms with Crippen LogP contribution in [0, 0.1) is 5.92 Å². The highest BCUT2D eigenvalue weighted by atomic mass is 16.1. The molecule has 0 saturated carbocycles. The van der Waals surface area contributed by atoms with Gasteiger partial charge in [0, 0.05) is 30.5 Å². The molecule has 1 aromatic heterocycles. The second kappa shape index (κ2) is 3.75. The molecule has 0 radical (unpaired) electrons. The highest BCUT2D eigenvalue weighted by Crippen LogP contribution is 2.18. The van der Waals surface area contributed by atoms with Crippen molar-refractivity contribution in [2.45, 2.75) is 6.42 Å². The summed E-state index contributed by atoms with van der Waals surface area (Å²) in [6.07, 6.45) is 4.04. The van der Waals surface area contributed by atoms with E-state index in [1.165, 1.54) is 0 Å². The fourth-order valence-corrected chi connectivity index (χ4v) is 1.71. The van der Waals surface area contributed by atoms with E-state index in [1.54, 1.807) is 18.5 Å². The van der Waals surface area contributed by atoms with Crippen molar-refractivity contribution in [1.29, 1.82) is 0 Å². The third-order valence-electron chi connectivity index (χ3n) is 2.55. The van der Waals surface area contributed by atoms with Crippen LogP contribution in [0.2, 0.25) is 0 Å². The Hall–Kier alpha value is -1.42. The van der Waals surface area contributed by atoms with Crippen molar-refractivity contribution in [3.05, 3.63) is 24.0 Å². The van der Waals surface area contributed by atoms with Crippen LogP contribution in [0.1, 0.15) is 16.8 Å². The topological polar surface area (TPSA) is 68.0 Å². The van der Waals surface area contributed by atoms with Crippen LogP contribution in [0.25, 0.3) is 0 Å². The third kappa shape index (κ3) is 1.61. The number of nitrogens with two attached hydrogens (primary N) is 1. The van der Waals surface area contributed by atoms with E-state index < -0.39 is 0 Å². The standard InChI is InChI=1S/C10H13N3O/c11-9-2-4-13-6-8(9)10(14)7-1-3-12-5-7/h2,4,6-7,12H,1,3,5H2,(H2,11,13). The number of hydrogen-bond donors (Lipinski definition) is 2. The molecule has 0 aliphatic carbocycles. The van der Waals surface area contributed by atoms with E-state index in [9.17, 15) is 4.79 Å². The highest BCUT2D eigenvalue weighted by molar-refractivity contribution is 6.02. The predicted octanol–water partition coefficient (Wildman–Crippen LogP) is 0.456. The molecule has 0 bridgehead atoms. The van der Waals surface area contributed by atoms with Gasteiger partial charge in [0.1, 0.15) is 0 Å². The summed E-state index contributed by atoms with van der Waals surface area (Å²) in [5.74, 6) is 0.182. The van der Waals surface area contributed by atoms with Gasteiger partial charge in [-0.2, -0.15) is 0 Å². The van der Waals surface area contributed by atoms with Crippen LogP contribution in [0.4, 0.5) is 5.69 Å². The van der Waals surface area contributed by atoms with Gasteiger partial charge >= 0.3 is 0 Å². The van der Waals surface area contributed by atoms with Gasteiger partial charge in [0.15, 0.2) is 5.78 Å². The number of nitrogen functional groups attached to an aromatic ring is 1. The largest absolute Gasteiger partial charge is 0.398 e. The maximum atomic E-state index is 11.9. The summed E-state index contributed by atoms with van der Waals surface area (Å²) in [6.45, 7) is 1.67. The molecule has 2 rings (SSSR count). The lowest BCUT2D eigenvalue weighted by Crippen LogP contribution is -2.19. The molecule has 1 saturated heterocycles. The number of Topliss-reactive ketones (excluding diaryl/α,β-unsaturated/α-hetero) is 1. The number of pyridine rings is 1. The molecule has 4 heteroatoms. The summed E-state index contributed by atoms with van der Waals surface area (Å²) in [7, 11) is 0. The number of ketones is 1. The second-order valence-electron chi connectivity index (χ2n) is 3.52. The highest BCUT2D eigenvalue weighted by Gasteiger charge is 2.24. The van der Waals surface area contributed by atoms with E-state index in [0.29, 0.717) is 11.3 Å². The zero-order chi connectivity index (χ0) is 9.97. The summed E-state index contributed by atoms with van der Waals surface area (Å²) in [5.41, 5.74) is 6.79. The molecule has 74 valence electrons. The van der Waals surface area contributed by atoms with Crippen LogP contribution in [-0.4, -0.2) is 23.9 Å². The maximum Gasteiger partial charge on any atom is 0.170 e. The van der Waals surface area contributed by atoms with Crippen LogP contribution in [0.5, 0.6) is 0 Å². The van der Waals surface area contributed by atoms with Gasteiger partial charge in [0.2, 0.25) is 0 Å². The van der Waals surface area contributed by atoms with Gasteiger partial charge in [-0.05, 0) is 19.0 Å². The van der Waals surface area contributed by atoms with Gasteiger partial charge in [-0.1, -0.05) is 0 Å². The van der Waals surface area contributed by atoms with Crippen molar-refractivity contribution < 1.29 is 4.79 Å². The van der Waals surface area contributed by atoms with E-state index in [4.69, 9.17) is 5.73 Å². The summed E-state index contributed by atoms with van der Waals surface area (Å²) in [6, 6.07) is 1.66. The molecule has 14 heavy (non-hydrogen) atoms. The lowest BCUT2D eigenvalue weighted by molar-refractivity contribution is 0.0931. The van der Waals surface area contributed by atoms with Gasteiger partial charge < -0.3 is 11.1 Å². The average molecular weight is 191 g/mol. The van der Waals surface area contributed by atoms with Gasteiger partial charge in [0.05, 0.1) is 5.56 Å². The Morgan fingerprint density at radius 1 is 1.64 bits per heavy atom. The van der Waals surface area contributed by atoms with E-state index in [0.717, 1.165) is 19.5 Å². The van der Waals surface area contributed by atoms with Crippen molar-refractivity contribution in [1.82, 2.24) is 10.3 Å². The molecule has 0 spiro atoms. The molecule has 1 aliphatic rings. The third-order valence-corrected chi connectivity index (χ3v) is 2.55.